The van der Waals surface area contributed by atoms with Gasteiger partial charge in [0.15, 0.2) is 5.60 Å². The van der Waals surface area contributed by atoms with Crippen LogP contribution in [-0.4, -0.2) is 23.6 Å². The Morgan fingerprint density at radius 2 is 2.24 bits per heavy atom. The van der Waals surface area contributed by atoms with Crippen molar-refractivity contribution in [2.24, 2.45) is 0 Å². The monoisotopic (exact) mass is 232 g/mol. The largest absolute Gasteiger partial charge is 0.375 e. The molecule has 4 nitrogen and oxygen atoms in total. The Morgan fingerprint density at radius 1 is 1.41 bits per heavy atom. The number of carbonyl (C=O) groups is 1. The van der Waals surface area contributed by atoms with Gasteiger partial charge in [0, 0.05) is 23.7 Å². The number of hydrogen-bond acceptors (Lipinski definition) is 3. The van der Waals surface area contributed by atoms with Crippen LogP contribution in [-0.2, 0) is 10.4 Å². The van der Waals surface area contributed by atoms with Crippen molar-refractivity contribution in [2.75, 3.05) is 11.9 Å². The molecule has 1 saturated heterocycles. The maximum atomic E-state index is 12.0. The first kappa shape index (κ1) is 10.7. The smallest absolute Gasteiger partial charge is 0.261 e. The molecule has 2 heterocycles. The molecule has 1 fully saturated rings. The first-order valence-electron chi connectivity index (χ1n) is 6.07. The number of anilines is 1. The van der Waals surface area contributed by atoms with Gasteiger partial charge in [-0.25, -0.2) is 0 Å². The number of para-hydroxylation sites is 1. The van der Waals surface area contributed by atoms with Gasteiger partial charge in [-0.1, -0.05) is 18.2 Å². The Kier molecular flexibility index (Phi) is 2.42. The number of rotatable bonds is 2. The lowest BCUT2D eigenvalue weighted by molar-refractivity contribution is -0.134. The number of aliphatic hydroxyl groups is 1. The molecule has 0 spiro atoms. The van der Waals surface area contributed by atoms with Gasteiger partial charge >= 0.3 is 0 Å². The van der Waals surface area contributed by atoms with Crippen LogP contribution in [0, 0.1) is 0 Å². The Hall–Kier alpha value is -1.39. The average Bonchev–Trinajstić information content (AvgIpc) is 2.89. The quantitative estimate of drug-likeness (QED) is 0.712. The fourth-order valence-electron chi connectivity index (χ4n) is 2.79. The van der Waals surface area contributed by atoms with Crippen LogP contribution in [0.3, 0.4) is 0 Å². The summed E-state index contributed by atoms with van der Waals surface area (Å²) in [7, 11) is 0. The number of benzene rings is 1. The lowest BCUT2D eigenvalue weighted by atomic mass is 9.88. The average molecular weight is 232 g/mol. The summed E-state index contributed by atoms with van der Waals surface area (Å²) in [5, 5.41) is 16.7. The normalized spacial score (nSPS) is 31.4. The second-order valence-corrected chi connectivity index (χ2v) is 4.86. The number of nitrogens with one attached hydrogen (secondary N) is 2. The molecule has 0 aliphatic carbocycles. The molecule has 1 aromatic carbocycles. The maximum absolute atomic E-state index is 12.0. The molecule has 1 amide bonds. The minimum absolute atomic E-state index is 0.233. The van der Waals surface area contributed by atoms with Crippen molar-refractivity contribution in [3.63, 3.8) is 0 Å². The number of fused-ring (bicyclic) bond motifs is 1. The summed E-state index contributed by atoms with van der Waals surface area (Å²) in [5.41, 5.74) is 0.0789. The molecule has 0 bridgehead atoms. The molecule has 0 unspecified atom stereocenters. The summed E-state index contributed by atoms with van der Waals surface area (Å²) in [6.45, 7) is 0.976. The lowest BCUT2D eigenvalue weighted by Gasteiger charge is -2.24. The van der Waals surface area contributed by atoms with Gasteiger partial charge < -0.3 is 15.7 Å². The second kappa shape index (κ2) is 3.82. The minimum Gasteiger partial charge on any atom is -0.375 e. The van der Waals surface area contributed by atoms with Crippen LogP contribution >= 0.6 is 0 Å². The maximum Gasteiger partial charge on any atom is 0.261 e. The van der Waals surface area contributed by atoms with Crippen molar-refractivity contribution in [1.82, 2.24) is 5.32 Å². The molecule has 3 N–H and O–H groups in total. The number of amides is 1. The highest BCUT2D eigenvalue weighted by Gasteiger charge is 2.46. The zero-order chi connectivity index (χ0) is 11.9. The highest BCUT2D eigenvalue weighted by atomic mass is 16.3. The van der Waals surface area contributed by atoms with Gasteiger partial charge in [0.25, 0.3) is 5.91 Å². The molecule has 0 aromatic heterocycles. The topological polar surface area (TPSA) is 61.4 Å². The molecule has 0 saturated carbocycles. The molecule has 90 valence electrons. The second-order valence-electron chi connectivity index (χ2n) is 4.86. The van der Waals surface area contributed by atoms with Crippen molar-refractivity contribution in [2.45, 2.75) is 30.9 Å². The predicted molar refractivity (Wildman–Crippen MR) is 64.6 cm³/mol. The molecular weight excluding hydrogens is 216 g/mol. The summed E-state index contributed by atoms with van der Waals surface area (Å²) in [6, 6.07) is 7.59. The van der Waals surface area contributed by atoms with Crippen molar-refractivity contribution < 1.29 is 9.90 Å². The highest BCUT2D eigenvalue weighted by molar-refractivity contribution is 6.04. The fourth-order valence-corrected chi connectivity index (χ4v) is 2.79. The van der Waals surface area contributed by atoms with E-state index in [9.17, 15) is 9.90 Å². The molecule has 17 heavy (non-hydrogen) atoms. The number of hydrogen-bond donors (Lipinski definition) is 3. The van der Waals surface area contributed by atoms with E-state index in [-0.39, 0.29) is 11.9 Å². The predicted octanol–water partition coefficient (Wildman–Crippen LogP) is 0.968. The molecule has 1 aromatic rings. The molecule has 3 rings (SSSR count). The van der Waals surface area contributed by atoms with Crippen LogP contribution in [0.5, 0.6) is 0 Å². The third-order valence-electron chi connectivity index (χ3n) is 3.70. The zero-order valence-corrected chi connectivity index (χ0v) is 9.57. The van der Waals surface area contributed by atoms with Crippen molar-refractivity contribution in [1.29, 1.82) is 0 Å². The van der Waals surface area contributed by atoms with E-state index in [0.717, 1.165) is 25.1 Å². The summed E-state index contributed by atoms with van der Waals surface area (Å²) in [6.07, 6.45) is 2.59. The van der Waals surface area contributed by atoms with Crippen LogP contribution in [0.15, 0.2) is 24.3 Å². The summed E-state index contributed by atoms with van der Waals surface area (Å²) in [5.74, 6) is -0.299. The zero-order valence-electron chi connectivity index (χ0n) is 9.57. The van der Waals surface area contributed by atoms with E-state index in [1.165, 1.54) is 0 Å². The van der Waals surface area contributed by atoms with Gasteiger partial charge in [-0.2, -0.15) is 0 Å². The van der Waals surface area contributed by atoms with Crippen LogP contribution in [0.1, 0.15) is 24.8 Å². The highest BCUT2D eigenvalue weighted by Crippen LogP contribution is 2.39. The molecular formula is C13H16N2O2. The molecule has 2 aliphatic rings. The minimum atomic E-state index is -1.36. The SMILES string of the molecule is O=C1Nc2ccccc2[C@]1(O)C[C@H]1CCCN1. The van der Waals surface area contributed by atoms with Crippen LogP contribution < -0.4 is 10.6 Å². The third-order valence-corrected chi connectivity index (χ3v) is 3.70. The molecule has 2 aliphatic heterocycles. The van der Waals surface area contributed by atoms with Crippen LogP contribution in [0.4, 0.5) is 5.69 Å². The molecule has 4 heteroatoms. The van der Waals surface area contributed by atoms with Gasteiger partial charge in [0.2, 0.25) is 0 Å². The van der Waals surface area contributed by atoms with E-state index in [4.69, 9.17) is 0 Å². The summed E-state index contributed by atoms with van der Waals surface area (Å²) < 4.78 is 0. The van der Waals surface area contributed by atoms with Gasteiger partial charge in [0.1, 0.15) is 0 Å². The fraction of sp³-hybridized carbons (Fsp3) is 0.462. The first-order valence-corrected chi connectivity index (χ1v) is 6.07. The Morgan fingerprint density at radius 3 is 3.00 bits per heavy atom. The van der Waals surface area contributed by atoms with Crippen molar-refractivity contribution in [3.05, 3.63) is 29.8 Å². The summed E-state index contributed by atoms with van der Waals surface area (Å²) in [4.78, 5) is 12.0. The van der Waals surface area contributed by atoms with Gasteiger partial charge in [0.05, 0.1) is 0 Å². The molecule has 0 radical (unpaired) electrons. The third kappa shape index (κ3) is 1.64. The standard InChI is InChI=1S/C13H16N2O2/c16-12-13(17,8-9-4-3-7-14-9)10-5-1-2-6-11(10)15-12/h1-2,5-6,9,14,17H,3-4,7-8H2,(H,15,16)/t9-,13-/m1/s1. The van der Waals surface area contributed by atoms with Gasteiger partial charge in [-0.3, -0.25) is 4.79 Å². The van der Waals surface area contributed by atoms with Crippen molar-refractivity contribution >= 4 is 11.6 Å². The van der Waals surface area contributed by atoms with E-state index >= 15 is 0 Å². The van der Waals surface area contributed by atoms with E-state index in [0.29, 0.717) is 12.0 Å². The van der Waals surface area contributed by atoms with E-state index in [2.05, 4.69) is 10.6 Å². The van der Waals surface area contributed by atoms with E-state index in [1.54, 1.807) is 0 Å². The van der Waals surface area contributed by atoms with Gasteiger partial charge in [-0.05, 0) is 25.5 Å². The Labute approximate surface area is 100 Å². The molecule has 2 atom stereocenters. The Bertz CT molecular complexity index is 454. The van der Waals surface area contributed by atoms with Crippen LogP contribution in [0.25, 0.3) is 0 Å². The van der Waals surface area contributed by atoms with Crippen LogP contribution in [0.2, 0.25) is 0 Å². The number of carbonyl (C=O) groups excluding carboxylic acids is 1. The van der Waals surface area contributed by atoms with E-state index < -0.39 is 5.60 Å². The van der Waals surface area contributed by atoms with E-state index in [1.807, 2.05) is 24.3 Å². The van der Waals surface area contributed by atoms with Crippen molar-refractivity contribution in [3.8, 4) is 0 Å². The lowest BCUT2D eigenvalue weighted by Crippen LogP contribution is -2.40. The van der Waals surface area contributed by atoms with Gasteiger partial charge in [-0.15, -0.1) is 0 Å². The summed E-state index contributed by atoms with van der Waals surface area (Å²) >= 11 is 0. The first-order chi connectivity index (χ1) is 8.20. The Balaban J connectivity index is 1.92.